The maximum absolute atomic E-state index is 9.98. The Morgan fingerprint density at radius 1 is 1.50 bits per heavy atom. The van der Waals surface area contributed by atoms with Crippen LogP contribution >= 0.6 is 15.9 Å². The third-order valence-electron chi connectivity index (χ3n) is 2.73. The summed E-state index contributed by atoms with van der Waals surface area (Å²) >= 11 is 3.43. The Morgan fingerprint density at radius 2 is 2.21 bits per heavy atom. The van der Waals surface area contributed by atoms with Crippen molar-refractivity contribution in [3.63, 3.8) is 0 Å². The molecular formula is C11H14BrNO. The van der Waals surface area contributed by atoms with E-state index in [4.69, 9.17) is 0 Å². The molecule has 0 radical (unpaired) electrons. The summed E-state index contributed by atoms with van der Waals surface area (Å²) in [6, 6.07) is 6.19. The summed E-state index contributed by atoms with van der Waals surface area (Å²) in [6.07, 6.45) is 0.749. The first-order valence-corrected chi connectivity index (χ1v) is 5.56. The second-order valence-electron chi connectivity index (χ2n) is 4.08. The first kappa shape index (κ1) is 10.1. The molecule has 1 aliphatic heterocycles. The molecule has 1 aliphatic rings. The number of hydrogen-bond donors (Lipinski definition) is 2. The van der Waals surface area contributed by atoms with Gasteiger partial charge in [-0.15, -0.1) is 0 Å². The molecule has 3 heteroatoms. The predicted molar refractivity (Wildman–Crippen MR) is 60.4 cm³/mol. The van der Waals surface area contributed by atoms with Crippen LogP contribution in [0.3, 0.4) is 0 Å². The van der Waals surface area contributed by atoms with E-state index in [1.54, 1.807) is 0 Å². The van der Waals surface area contributed by atoms with Crippen LogP contribution in [0.25, 0.3) is 0 Å². The molecule has 1 aromatic carbocycles. The Labute approximate surface area is 92.5 Å². The van der Waals surface area contributed by atoms with Crippen molar-refractivity contribution in [3.8, 4) is 0 Å². The second-order valence-corrected chi connectivity index (χ2v) is 4.99. The van der Waals surface area contributed by atoms with Crippen LogP contribution < -0.4 is 5.32 Å². The molecule has 0 unspecified atom stereocenters. The van der Waals surface area contributed by atoms with E-state index in [-0.39, 0.29) is 0 Å². The van der Waals surface area contributed by atoms with E-state index in [0.29, 0.717) is 13.1 Å². The first-order chi connectivity index (χ1) is 6.59. The summed E-state index contributed by atoms with van der Waals surface area (Å²) in [5.41, 5.74) is 1.95. The molecule has 0 amide bonds. The Balaban J connectivity index is 2.16. The van der Waals surface area contributed by atoms with Crippen LogP contribution in [0, 0.1) is 6.92 Å². The standard InChI is InChI=1S/C11H14BrNO/c1-8-4-10(12)3-2-9(8)5-11(14)6-13-7-11/h2-4,13-14H,5-7H2,1H3. The number of halogens is 1. The Morgan fingerprint density at radius 3 is 2.71 bits per heavy atom. The van der Waals surface area contributed by atoms with Gasteiger partial charge in [-0.05, 0) is 30.2 Å². The minimum absolute atomic E-state index is 0.515. The van der Waals surface area contributed by atoms with Crippen molar-refractivity contribution in [2.45, 2.75) is 18.9 Å². The fourth-order valence-electron chi connectivity index (χ4n) is 1.75. The molecule has 1 heterocycles. The normalized spacial score (nSPS) is 19.1. The third-order valence-corrected chi connectivity index (χ3v) is 3.23. The monoisotopic (exact) mass is 255 g/mol. The summed E-state index contributed by atoms with van der Waals surface area (Å²) in [5.74, 6) is 0. The van der Waals surface area contributed by atoms with Crippen molar-refractivity contribution < 1.29 is 5.11 Å². The van der Waals surface area contributed by atoms with Crippen molar-refractivity contribution in [1.82, 2.24) is 5.32 Å². The van der Waals surface area contributed by atoms with Crippen LogP contribution in [0.2, 0.25) is 0 Å². The van der Waals surface area contributed by atoms with Crippen LogP contribution in [-0.4, -0.2) is 23.8 Å². The molecule has 14 heavy (non-hydrogen) atoms. The highest BCUT2D eigenvalue weighted by Crippen LogP contribution is 2.22. The first-order valence-electron chi connectivity index (χ1n) is 4.77. The maximum Gasteiger partial charge on any atom is 0.0935 e. The number of benzene rings is 1. The lowest BCUT2D eigenvalue weighted by Gasteiger charge is -2.38. The van der Waals surface area contributed by atoms with Gasteiger partial charge < -0.3 is 10.4 Å². The zero-order chi connectivity index (χ0) is 10.2. The molecule has 0 aliphatic carbocycles. The van der Waals surface area contributed by atoms with Gasteiger partial charge in [-0.25, -0.2) is 0 Å². The van der Waals surface area contributed by atoms with E-state index in [9.17, 15) is 5.11 Å². The second kappa shape index (κ2) is 3.65. The fraction of sp³-hybridized carbons (Fsp3) is 0.455. The van der Waals surface area contributed by atoms with Gasteiger partial charge in [-0.3, -0.25) is 0 Å². The van der Waals surface area contributed by atoms with Gasteiger partial charge in [0.25, 0.3) is 0 Å². The van der Waals surface area contributed by atoms with Crippen LogP contribution in [0.1, 0.15) is 11.1 Å². The minimum atomic E-state index is -0.515. The van der Waals surface area contributed by atoms with Gasteiger partial charge in [-0.1, -0.05) is 22.0 Å². The van der Waals surface area contributed by atoms with Gasteiger partial charge in [0.2, 0.25) is 0 Å². The molecule has 76 valence electrons. The van der Waals surface area contributed by atoms with Gasteiger partial charge in [0.15, 0.2) is 0 Å². The highest BCUT2D eigenvalue weighted by Gasteiger charge is 2.34. The lowest BCUT2D eigenvalue weighted by molar-refractivity contribution is -0.00914. The lowest BCUT2D eigenvalue weighted by atomic mass is 9.87. The quantitative estimate of drug-likeness (QED) is 0.843. The van der Waals surface area contributed by atoms with E-state index < -0.39 is 5.60 Å². The Kier molecular flexibility index (Phi) is 2.64. The molecule has 2 N–H and O–H groups in total. The average Bonchev–Trinajstić information content (AvgIpc) is 2.07. The summed E-state index contributed by atoms with van der Waals surface area (Å²) in [6.45, 7) is 3.50. The number of hydrogen-bond acceptors (Lipinski definition) is 2. The number of nitrogens with one attached hydrogen (secondary N) is 1. The molecule has 0 atom stereocenters. The van der Waals surface area contributed by atoms with E-state index in [1.807, 2.05) is 6.07 Å². The van der Waals surface area contributed by atoms with Crippen LogP contribution in [-0.2, 0) is 6.42 Å². The summed E-state index contributed by atoms with van der Waals surface area (Å²) in [4.78, 5) is 0. The number of β-amino-alcohol motifs (C(OH)–C–C–N with tert-alkyl or cyclic N) is 1. The highest BCUT2D eigenvalue weighted by atomic mass is 79.9. The van der Waals surface area contributed by atoms with E-state index in [0.717, 1.165) is 10.9 Å². The summed E-state index contributed by atoms with van der Waals surface area (Å²) in [7, 11) is 0. The van der Waals surface area contributed by atoms with Crippen molar-refractivity contribution >= 4 is 15.9 Å². The largest absolute Gasteiger partial charge is 0.387 e. The molecule has 0 bridgehead atoms. The molecule has 1 fully saturated rings. The summed E-state index contributed by atoms with van der Waals surface area (Å²) in [5, 5.41) is 13.1. The Bertz CT molecular complexity index is 347. The molecule has 2 rings (SSSR count). The molecular weight excluding hydrogens is 242 g/mol. The Hall–Kier alpha value is -0.380. The predicted octanol–water partition coefficient (Wildman–Crippen LogP) is 1.63. The number of aliphatic hydroxyl groups is 1. The molecule has 0 saturated carbocycles. The molecule has 1 saturated heterocycles. The van der Waals surface area contributed by atoms with Crippen molar-refractivity contribution in [1.29, 1.82) is 0 Å². The molecule has 2 nitrogen and oxygen atoms in total. The third kappa shape index (κ3) is 2.00. The van der Waals surface area contributed by atoms with Gasteiger partial charge in [-0.2, -0.15) is 0 Å². The maximum atomic E-state index is 9.98. The van der Waals surface area contributed by atoms with E-state index >= 15 is 0 Å². The van der Waals surface area contributed by atoms with Gasteiger partial charge in [0, 0.05) is 24.0 Å². The van der Waals surface area contributed by atoms with E-state index in [2.05, 4.69) is 40.3 Å². The van der Waals surface area contributed by atoms with Gasteiger partial charge in [0.05, 0.1) is 5.60 Å². The van der Waals surface area contributed by atoms with Gasteiger partial charge >= 0.3 is 0 Å². The fourth-order valence-corrected chi connectivity index (χ4v) is 2.23. The SMILES string of the molecule is Cc1cc(Br)ccc1CC1(O)CNC1. The van der Waals surface area contributed by atoms with Crippen LogP contribution in [0.4, 0.5) is 0 Å². The molecule has 1 aromatic rings. The molecule has 0 aromatic heterocycles. The van der Waals surface area contributed by atoms with Gasteiger partial charge in [0.1, 0.15) is 0 Å². The highest BCUT2D eigenvalue weighted by molar-refractivity contribution is 9.10. The topological polar surface area (TPSA) is 32.3 Å². The average molecular weight is 256 g/mol. The van der Waals surface area contributed by atoms with E-state index in [1.165, 1.54) is 11.1 Å². The lowest BCUT2D eigenvalue weighted by Crippen LogP contribution is -2.60. The zero-order valence-electron chi connectivity index (χ0n) is 8.18. The van der Waals surface area contributed by atoms with Crippen molar-refractivity contribution in [2.24, 2.45) is 0 Å². The van der Waals surface area contributed by atoms with Crippen LogP contribution in [0.5, 0.6) is 0 Å². The zero-order valence-corrected chi connectivity index (χ0v) is 9.76. The smallest absolute Gasteiger partial charge is 0.0935 e. The summed E-state index contributed by atoms with van der Waals surface area (Å²) < 4.78 is 1.09. The van der Waals surface area contributed by atoms with Crippen molar-refractivity contribution in [2.75, 3.05) is 13.1 Å². The minimum Gasteiger partial charge on any atom is -0.387 e. The number of aryl methyl sites for hydroxylation is 1. The van der Waals surface area contributed by atoms with Crippen LogP contribution in [0.15, 0.2) is 22.7 Å². The number of rotatable bonds is 2. The molecule has 0 spiro atoms. The van der Waals surface area contributed by atoms with Crippen molar-refractivity contribution in [3.05, 3.63) is 33.8 Å².